The molecular formula is C18H24N3O3+. The Kier molecular flexibility index (Phi) is 4.85. The largest absolute Gasteiger partial charge is 0.464 e. The van der Waals surface area contributed by atoms with Crippen LogP contribution in [0.4, 0.5) is 5.69 Å². The van der Waals surface area contributed by atoms with Crippen LogP contribution >= 0.6 is 0 Å². The number of ether oxygens (including phenoxy) is 1. The second kappa shape index (κ2) is 7.05. The summed E-state index contributed by atoms with van der Waals surface area (Å²) in [7, 11) is 1.33. The number of amides is 1. The van der Waals surface area contributed by atoms with E-state index in [-0.39, 0.29) is 11.6 Å². The van der Waals surface area contributed by atoms with Crippen LogP contribution < -0.4 is 10.2 Å². The van der Waals surface area contributed by atoms with Crippen molar-refractivity contribution in [3.05, 3.63) is 30.0 Å². The Morgan fingerprint density at radius 1 is 1.38 bits per heavy atom. The predicted octanol–water partition coefficient (Wildman–Crippen LogP) is 1.21. The van der Waals surface area contributed by atoms with Crippen molar-refractivity contribution in [1.29, 1.82) is 0 Å². The molecule has 1 aromatic heterocycles. The zero-order valence-corrected chi connectivity index (χ0v) is 14.1. The van der Waals surface area contributed by atoms with Crippen molar-refractivity contribution < 1.29 is 19.2 Å². The van der Waals surface area contributed by atoms with Crippen molar-refractivity contribution in [2.24, 2.45) is 5.92 Å². The smallest absolute Gasteiger partial charge is 0.356 e. The van der Waals surface area contributed by atoms with Gasteiger partial charge in [0, 0.05) is 16.8 Å². The van der Waals surface area contributed by atoms with Crippen LogP contribution in [0.1, 0.15) is 30.3 Å². The minimum atomic E-state index is -0.486. The van der Waals surface area contributed by atoms with E-state index in [1.807, 2.05) is 24.3 Å². The Morgan fingerprint density at radius 3 is 2.92 bits per heavy atom. The Morgan fingerprint density at radius 2 is 2.17 bits per heavy atom. The molecule has 24 heavy (non-hydrogen) atoms. The number of carbonyl (C=O) groups is 2. The van der Waals surface area contributed by atoms with Gasteiger partial charge in [0.25, 0.3) is 5.91 Å². The maximum absolute atomic E-state index is 12.5. The first kappa shape index (κ1) is 16.5. The molecular weight excluding hydrogens is 306 g/mol. The number of esters is 1. The summed E-state index contributed by atoms with van der Waals surface area (Å²) in [6.45, 7) is 4.69. The SMILES string of the molecule is COC(=O)c1[nH]c2ccccc2c1NC(=O)C[NH+]1CCC[C@H](C)C1. The monoisotopic (exact) mass is 330 g/mol. The molecule has 2 aromatic rings. The second-order valence-corrected chi connectivity index (χ2v) is 6.59. The highest BCUT2D eigenvalue weighted by Crippen LogP contribution is 2.28. The molecule has 0 radical (unpaired) electrons. The number of nitrogens with one attached hydrogen (secondary N) is 3. The van der Waals surface area contributed by atoms with Gasteiger partial charge in [-0.1, -0.05) is 25.1 Å². The van der Waals surface area contributed by atoms with Crippen molar-refractivity contribution in [3.8, 4) is 0 Å². The molecule has 0 bridgehead atoms. The van der Waals surface area contributed by atoms with Gasteiger partial charge in [-0.25, -0.2) is 4.79 Å². The van der Waals surface area contributed by atoms with Gasteiger partial charge in [-0.2, -0.15) is 0 Å². The molecule has 1 unspecified atom stereocenters. The number of aromatic amines is 1. The highest BCUT2D eigenvalue weighted by molar-refractivity contribution is 6.11. The first-order valence-electron chi connectivity index (χ1n) is 8.41. The van der Waals surface area contributed by atoms with Crippen molar-refractivity contribution in [2.45, 2.75) is 19.8 Å². The first-order valence-corrected chi connectivity index (χ1v) is 8.41. The molecule has 1 aromatic carbocycles. The van der Waals surface area contributed by atoms with Crippen molar-refractivity contribution in [3.63, 3.8) is 0 Å². The van der Waals surface area contributed by atoms with Gasteiger partial charge in [-0.05, 0) is 18.9 Å². The molecule has 3 N–H and O–H groups in total. The summed E-state index contributed by atoms with van der Waals surface area (Å²) in [5.41, 5.74) is 1.59. The molecule has 6 heteroatoms. The number of carbonyl (C=O) groups excluding carboxylic acids is 2. The number of piperidine rings is 1. The Balaban J connectivity index is 1.80. The Hall–Kier alpha value is -2.34. The quantitative estimate of drug-likeness (QED) is 0.738. The van der Waals surface area contributed by atoms with Crippen LogP contribution in [-0.2, 0) is 9.53 Å². The third-order valence-electron chi connectivity index (χ3n) is 4.63. The van der Waals surface area contributed by atoms with Gasteiger partial charge >= 0.3 is 5.97 Å². The lowest BCUT2D eigenvalue weighted by atomic mass is 10.0. The minimum absolute atomic E-state index is 0.0750. The number of rotatable bonds is 4. The number of benzene rings is 1. The number of quaternary nitrogens is 1. The third-order valence-corrected chi connectivity index (χ3v) is 4.63. The first-order chi connectivity index (χ1) is 11.6. The number of hydrogen-bond acceptors (Lipinski definition) is 3. The number of anilines is 1. The van der Waals surface area contributed by atoms with E-state index in [2.05, 4.69) is 17.2 Å². The van der Waals surface area contributed by atoms with Gasteiger partial charge in [-0.15, -0.1) is 0 Å². The Labute approximate surface area is 141 Å². The fourth-order valence-electron chi connectivity index (χ4n) is 3.50. The van der Waals surface area contributed by atoms with Crippen LogP contribution in [0.2, 0.25) is 0 Å². The minimum Gasteiger partial charge on any atom is -0.464 e. The van der Waals surface area contributed by atoms with Crippen molar-refractivity contribution in [2.75, 3.05) is 32.1 Å². The molecule has 6 nitrogen and oxygen atoms in total. The molecule has 1 amide bonds. The summed E-state index contributed by atoms with van der Waals surface area (Å²) < 4.78 is 4.83. The summed E-state index contributed by atoms with van der Waals surface area (Å²) in [5.74, 6) is 0.0923. The van der Waals surface area contributed by atoms with E-state index in [4.69, 9.17) is 4.74 Å². The van der Waals surface area contributed by atoms with Gasteiger partial charge < -0.3 is 19.9 Å². The maximum Gasteiger partial charge on any atom is 0.356 e. The fourth-order valence-corrected chi connectivity index (χ4v) is 3.50. The lowest BCUT2D eigenvalue weighted by molar-refractivity contribution is -0.900. The van der Waals surface area contributed by atoms with E-state index in [0.29, 0.717) is 18.2 Å². The van der Waals surface area contributed by atoms with Crippen LogP contribution in [0.25, 0.3) is 10.9 Å². The summed E-state index contributed by atoms with van der Waals surface area (Å²) in [5, 5.41) is 3.73. The zero-order valence-electron chi connectivity index (χ0n) is 14.1. The lowest BCUT2D eigenvalue weighted by Crippen LogP contribution is -3.14. The topological polar surface area (TPSA) is 75.6 Å². The summed E-state index contributed by atoms with van der Waals surface area (Å²) in [6, 6.07) is 7.51. The summed E-state index contributed by atoms with van der Waals surface area (Å²) in [6.07, 6.45) is 2.39. The van der Waals surface area contributed by atoms with Crippen LogP contribution in [-0.4, -0.2) is 43.6 Å². The number of para-hydroxylation sites is 1. The summed E-state index contributed by atoms with van der Waals surface area (Å²) >= 11 is 0. The number of likely N-dealkylation sites (tertiary alicyclic amines) is 1. The van der Waals surface area contributed by atoms with Crippen molar-refractivity contribution in [1.82, 2.24) is 4.98 Å². The van der Waals surface area contributed by atoms with E-state index < -0.39 is 5.97 Å². The van der Waals surface area contributed by atoms with Gasteiger partial charge in [0.1, 0.15) is 5.69 Å². The van der Waals surface area contributed by atoms with Crippen LogP contribution in [0.5, 0.6) is 0 Å². The fraction of sp³-hybridized carbons (Fsp3) is 0.444. The van der Waals surface area contributed by atoms with Gasteiger partial charge in [0.05, 0.1) is 25.9 Å². The molecule has 1 fully saturated rings. The number of H-pyrrole nitrogens is 1. The Bertz CT molecular complexity index is 753. The maximum atomic E-state index is 12.5. The van der Waals surface area contributed by atoms with Crippen LogP contribution in [0, 0.1) is 5.92 Å². The second-order valence-electron chi connectivity index (χ2n) is 6.59. The molecule has 1 saturated heterocycles. The van der Waals surface area contributed by atoms with Crippen LogP contribution in [0.3, 0.4) is 0 Å². The highest BCUT2D eigenvalue weighted by atomic mass is 16.5. The highest BCUT2D eigenvalue weighted by Gasteiger charge is 2.24. The molecule has 0 aliphatic carbocycles. The van der Waals surface area contributed by atoms with Gasteiger partial charge in [0.2, 0.25) is 0 Å². The van der Waals surface area contributed by atoms with E-state index in [9.17, 15) is 9.59 Å². The van der Waals surface area contributed by atoms with Gasteiger partial charge in [-0.3, -0.25) is 4.79 Å². The molecule has 1 aliphatic heterocycles. The molecule has 2 atom stereocenters. The third kappa shape index (κ3) is 3.43. The molecule has 128 valence electrons. The average molecular weight is 330 g/mol. The van der Waals surface area contributed by atoms with E-state index in [0.717, 1.165) is 30.4 Å². The number of aromatic nitrogens is 1. The normalized spacial score (nSPS) is 20.8. The van der Waals surface area contributed by atoms with Gasteiger partial charge in [0.15, 0.2) is 6.54 Å². The molecule has 3 rings (SSSR count). The molecule has 0 saturated carbocycles. The van der Waals surface area contributed by atoms with E-state index >= 15 is 0 Å². The zero-order chi connectivity index (χ0) is 17.1. The number of methoxy groups -OCH3 is 1. The lowest BCUT2D eigenvalue weighted by Gasteiger charge is -2.27. The predicted molar refractivity (Wildman–Crippen MR) is 92.2 cm³/mol. The molecule has 0 spiro atoms. The van der Waals surface area contributed by atoms with Crippen LogP contribution in [0.15, 0.2) is 24.3 Å². The summed E-state index contributed by atoms with van der Waals surface area (Å²) in [4.78, 5) is 28.8. The standard InChI is InChI=1S/C18H23N3O3/c1-12-6-5-9-21(10-12)11-15(22)20-16-13-7-3-4-8-14(13)19-17(16)18(23)24-2/h3-4,7-8,12,19H,5-6,9-11H2,1-2H3,(H,20,22)/p+1/t12-/m0/s1. The van der Waals surface area contributed by atoms with Crippen molar-refractivity contribution >= 4 is 28.5 Å². The molecule has 2 heterocycles. The van der Waals surface area contributed by atoms with E-state index in [1.54, 1.807) is 0 Å². The van der Waals surface area contributed by atoms with E-state index in [1.165, 1.54) is 18.4 Å². The number of hydrogen-bond donors (Lipinski definition) is 3. The number of fused-ring (bicyclic) bond motifs is 1. The average Bonchev–Trinajstić information content (AvgIpc) is 2.93. The molecule has 1 aliphatic rings.